The molecule has 1 heterocycles. The average Bonchev–Trinajstić information content (AvgIpc) is 3.18. The summed E-state index contributed by atoms with van der Waals surface area (Å²) in [6, 6.07) is 10.00. The number of nitrogens with one attached hydrogen (secondary N) is 3. The summed E-state index contributed by atoms with van der Waals surface area (Å²) < 4.78 is 10.4. The van der Waals surface area contributed by atoms with E-state index < -0.39 is 0 Å². The first-order chi connectivity index (χ1) is 14.1. The normalized spacial score (nSPS) is 11.2. The first-order valence-corrected chi connectivity index (χ1v) is 10.0. The van der Waals surface area contributed by atoms with Crippen molar-refractivity contribution in [1.82, 2.24) is 16.0 Å². The highest BCUT2D eigenvalue weighted by Crippen LogP contribution is 2.13. The van der Waals surface area contributed by atoms with Gasteiger partial charge in [0.15, 0.2) is 11.7 Å². The molecule has 7 heteroatoms. The van der Waals surface area contributed by atoms with Crippen LogP contribution in [-0.2, 0) is 6.42 Å². The minimum Gasteiger partial charge on any atom is -0.497 e. The molecular formula is C22H32N4O3. The monoisotopic (exact) mass is 400 g/mol. The van der Waals surface area contributed by atoms with E-state index in [1.165, 1.54) is 11.8 Å². The van der Waals surface area contributed by atoms with Crippen molar-refractivity contribution in [2.45, 2.75) is 32.6 Å². The molecule has 0 atom stereocenters. The molecule has 0 fully saturated rings. The van der Waals surface area contributed by atoms with Crippen molar-refractivity contribution in [3.63, 3.8) is 0 Å². The molecule has 0 aliphatic heterocycles. The van der Waals surface area contributed by atoms with Crippen molar-refractivity contribution in [2.75, 3.05) is 33.8 Å². The van der Waals surface area contributed by atoms with E-state index in [1.54, 1.807) is 20.2 Å². The maximum Gasteiger partial charge on any atom is 0.287 e. The molecule has 7 nitrogen and oxygen atoms in total. The molecule has 0 bridgehead atoms. The number of guanidine groups is 1. The summed E-state index contributed by atoms with van der Waals surface area (Å²) in [7, 11) is 3.44. The van der Waals surface area contributed by atoms with Gasteiger partial charge in [-0.2, -0.15) is 0 Å². The topological polar surface area (TPSA) is 87.9 Å². The van der Waals surface area contributed by atoms with Crippen LogP contribution in [0.1, 0.15) is 40.9 Å². The van der Waals surface area contributed by atoms with Gasteiger partial charge in [0.25, 0.3) is 5.91 Å². The van der Waals surface area contributed by atoms with Gasteiger partial charge in [0.05, 0.1) is 13.4 Å². The molecule has 29 heavy (non-hydrogen) atoms. The second kappa shape index (κ2) is 12.5. The Bertz CT molecular complexity index is 769. The van der Waals surface area contributed by atoms with E-state index in [-0.39, 0.29) is 5.91 Å². The second-order valence-electron chi connectivity index (χ2n) is 6.77. The fraction of sp³-hybridized carbons (Fsp3) is 0.455. The third kappa shape index (κ3) is 7.89. The molecule has 0 saturated carbocycles. The van der Waals surface area contributed by atoms with Gasteiger partial charge in [-0.1, -0.05) is 12.1 Å². The molecule has 0 aliphatic rings. The van der Waals surface area contributed by atoms with Crippen LogP contribution < -0.4 is 20.7 Å². The van der Waals surface area contributed by atoms with Gasteiger partial charge in [-0.3, -0.25) is 9.79 Å². The molecular weight excluding hydrogens is 368 g/mol. The fourth-order valence-electron chi connectivity index (χ4n) is 2.86. The van der Waals surface area contributed by atoms with Crippen LogP contribution >= 0.6 is 0 Å². The predicted molar refractivity (Wildman–Crippen MR) is 116 cm³/mol. The number of ether oxygens (including phenoxy) is 1. The molecule has 0 saturated heterocycles. The van der Waals surface area contributed by atoms with Crippen LogP contribution in [0.4, 0.5) is 0 Å². The maximum atomic E-state index is 11.9. The molecule has 3 N–H and O–H groups in total. The fourth-order valence-corrected chi connectivity index (χ4v) is 2.86. The van der Waals surface area contributed by atoms with E-state index in [9.17, 15) is 4.79 Å². The molecule has 0 spiro atoms. The maximum absolute atomic E-state index is 11.9. The van der Waals surface area contributed by atoms with Gasteiger partial charge in [0.2, 0.25) is 0 Å². The SMILES string of the molecule is CN=C(NCCCCc1ccc(OC)cc1)NCCCNC(=O)c1occc1C. The van der Waals surface area contributed by atoms with Crippen molar-refractivity contribution in [1.29, 1.82) is 0 Å². The third-order valence-electron chi connectivity index (χ3n) is 4.57. The van der Waals surface area contributed by atoms with Crippen molar-refractivity contribution >= 4 is 11.9 Å². The highest BCUT2D eigenvalue weighted by atomic mass is 16.5. The van der Waals surface area contributed by atoms with E-state index in [2.05, 4.69) is 33.1 Å². The van der Waals surface area contributed by atoms with Crippen molar-refractivity contribution < 1.29 is 13.9 Å². The van der Waals surface area contributed by atoms with Crippen molar-refractivity contribution in [3.05, 3.63) is 53.5 Å². The van der Waals surface area contributed by atoms with Crippen LogP contribution in [0.2, 0.25) is 0 Å². The largest absolute Gasteiger partial charge is 0.497 e. The Labute approximate surface area is 172 Å². The molecule has 0 aliphatic carbocycles. The summed E-state index contributed by atoms with van der Waals surface area (Å²) in [5.41, 5.74) is 2.16. The van der Waals surface area contributed by atoms with Gasteiger partial charge >= 0.3 is 0 Å². The predicted octanol–water partition coefficient (Wildman–Crippen LogP) is 2.90. The Balaban J connectivity index is 1.52. The zero-order valence-electron chi connectivity index (χ0n) is 17.6. The van der Waals surface area contributed by atoms with Crippen LogP contribution in [0.5, 0.6) is 5.75 Å². The number of rotatable bonds is 11. The lowest BCUT2D eigenvalue weighted by atomic mass is 10.1. The number of furan rings is 1. The first kappa shape index (κ1) is 22.3. The lowest BCUT2D eigenvalue weighted by molar-refractivity contribution is 0.0925. The highest BCUT2D eigenvalue weighted by Gasteiger charge is 2.11. The van der Waals surface area contributed by atoms with Crippen molar-refractivity contribution in [3.8, 4) is 5.75 Å². The Morgan fingerprint density at radius 2 is 1.69 bits per heavy atom. The van der Waals surface area contributed by atoms with Gasteiger partial charge in [0.1, 0.15) is 5.75 Å². The standard InChI is InChI=1S/C22H32N4O3/c1-17-12-16-29-20(17)21(27)24-14-6-15-26-22(23-2)25-13-5-4-7-18-8-10-19(28-3)11-9-18/h8-12,16H,4-7,13-15H2,1-3H3,(H,24,27)(H2,23,25,26). The minimum absolute atomic E-state index is 0.174. The second-order valence-corrected chi connectivity index (χ2v) is 6.77. The third-order valence-corrected chi connectivity index (χ3v) is 4.57. The van der Waals surface area contributed by atoms with Crippen LogP contribution in [-0.4, -0.2) is 45.7 Å². The number of amides is 1. The Morgan fingerprint density at radius 1 is 1.00 bits per heavy atom. The van der Waals surface area contributed by atoms with E-state index in [1.807, 2.05) is 19.1 Å². The van der Waals surface area contributed by atoms with E-state index >= 15 is 0 Å². The number of carbonyl (C=O) groups excluding carboxylic acids is 1. The summed E-state index contributed by atoms with van der Waals surface area (Å²) in [6.45, 7) is 4.02. The number of hydrogen-bond donors (Lipinski definition) is 3. The number of carbonyl (C=O) groups is 1. The quantitative estimate of drug-likeness (QED) is 0.307. The Kier molecular flexibility index (Phi) is 9.62. The van der Waals surface area contributed by atoms with Gasteiger partial charge in [-0.25, -0.2) is 0 Å². The average molecular weight is 401 g/mol. The lowest BCUT2D eigenvalue weighted by Gasteiger charge is -2.12. The van der Waals surface area contributed by atoms with Crippen LogP contribution in [0.25, 0.3) is 0 Å². The van der Waals surface area contributed by atoms with Crippen LogP contribution in [0, 0.1) is 6.92 Å². The van der Waals surface area contributed by atoms with Gasteiger partial charge in [0, 0.05) is 32.2 Å². The summed E-state index contributed by atoms with van der Waals surface area (Å²) in [6.07, 6.45) is 5.54. The summed E-state index contributed by atoms with van der Waals surface area (Å²) in [5, 5.41) is 9.44. The first-order valence-electron chi connectivity index (χ1n) is 10.0. The Morgan fingerprint density at radius 3 is 2.31 bits per heavy atom. The zero-order valence-corrected chi connectivity index (χ0v) is 17.6. The van der Waals surface area contributed by atoms with E-state index in [0.29, 0.717) is 12.3 Å². The minimum atomic E-state index is -0.174. The highest BCUT2D eigenvalue weighted by molar-refractivity contribution is 5.92. The smallest absolute Gasteiger partial charge is 0.287 e. The molecule has 0 radical (unpaired) electrons. The number of hydrogen-bond acceptors (Lipinski definition) is 4. The molecule has 1 aromatic carbocycles. The molecule has 158 valence electrons. The number of aryl methyl sites for hydroxylation is 2. The number of unbranched alkanes of at least 4 members (excludes halogenated alkanes) is 1. The number of nitrogens with zero attached hydrogens (tertiary/aromatic N) is 1. The van der Waals surface area contributed by atoms with Crippen molar-refractivity contribution in [2.24, 2.45) is 4.99 Å². The summed E-state index contributed by atoms with van der Waals surface area (Å²) in [5.74, 6) is 1.88. The lowest BCUT2D eigenvalue weighted by Crippen LogP contribution is -2.39. The molecule has 1 aromatic heterocycles. The Hall–Kier alpha value is -2.96. The zero-order chi connectivity index (χ0) is 20.9. The summed E-state index contributed by atoms with van der Waals surface area (Å²) in [4.78, 5) is 16.2. The molecule has 0 unspecified atom stereocenters. The molecule has 1 amide bonds. The van der Waals surface area contributed by atoms with Crippen LogP contribution in [0.15, 0.2) is 46.0 Å². The van der Waals surface area contributed by atoms with Gasteiger partial charge in [-0.05, 0) is 56.4 Å². The summed E-state index contributed by atoms with van der Waals surface area (Å²) >= 11 is 0. The number of methoxy groups -OCH3 is 1. The van der Waals surface area contributed by atoms with Crippen LogP contribution in [0.3, 0.4) is 0 Å². The molecule has 2 rings (SSSR count). The van der Waals surface area contributed by atoms with E-state index in [0.717, 1.165) is 56.0 Å². The van der Waals surface area contributed by atoms with Gasteiger partial charge < -0.3 is 25.1 Å². The number of aliphatic imine (C=N–C) groups is 1. The van der Waals surface area contributed by atoms with Gasteiger partial charge in [-0.15, -0.1) is 0 Å². The molecule has 2 aromatic rings. The number of benzene rings is 1. The van der Waals surface area contributed by atoms with E-state index in [4.69, 9.17) is 9.15 Å².